The number of benzene rings is 3. The number of hydrogen-bond donors (Lipinski definition) is 1. The molecule has 0 bridgehead atoms. The highest BCUT2D eigenvalue weighted by atomic mass is 35.5. The largest absolute Gasteiger partial charge is 1.00 e. The molecule has 0 aliphatic rings. The molecule has 0 saturated carbocycles. The van der Waals surface area contributed by atoms with Gasteiger partial charge < -0.3 is 36.3 Å². The average molecular weight is 486 g/mol. The normalized spacial score (nSPS) is 10.9. The molecule has 0 amide bonds. The molecule has 0 radical (unpaired) electrons. The SMILES string of the molecule is COc1cc(/C=C/C(=O)c2ccc(OCCC[NH+](C)C)c3ccccc23)cc(OC)c1OC.[Cl-]. The molecule has 1 N–H and O–H groups in total. The number of allylic oxidation sites excluding steroid dienone is 1. The second-order valence-electron chi connectivity index (χ2n) is 7.97. The van der Waals surface area contributed by atoms with E-state index in [-0.39, 0.29) is 18.2 Å². The van der Waals surface area contributed by atoms with E-state index in [1.165, 1.54) is 4.90 Å². The van der Waals surface area contributed by atoms with Gasteiger partial charge in [-0.25, -0.2) is 0 Å². The number of ketones is 1. The zero-order valence-electron chi connectivity index (χ0n) is 20.3. The summed E-state index contributed by atoms with van der Waals surface area (Å²) in [6.07, 6.45) is 4.27. The van der Waals surface area contributed by atoms with Crippen LogP contribution in [-0.4, -0.2) is 54.4 Å². The Kier molecular flexibility index (Phi) is 10.2. The number of ether oxygens (including phenoxy) is 4. The Morgan fingerprint density at radius 1 is 0.882 bits per heavy atom. The van der Waals surface area contributed by atoms with E-state index in [2.05, 4.69) is 14.1 Å². The first-order valence-corrected chi connectivity index (χ1v) is 10.9. The summed E-state index contributed by atoms with van der Waals surface area (Å²) < 4.78 is 22.2. The van der Waals surface area contributed by atoms with E-state index in [0.717, 1.165) is 35.1 Å². The second-order valence-corrected chi connectivity index (χ2v) is 7.97. The van der Waals surface area contributed by atoms with Crippen molar-refractivity contribution in [3.05, 3.63) is 65.7 Å². The van der Waals surface area contributed by atoms with Crippen LogP contribution in [0.4, 0.5) is 0 Å². The van der Waals surface area contributed by atoms with Crippen LogP contribution >= 0.6 is 0 Å². The molecule has 0 spiro atoms. The molecule has 0 fully saturated rings. The quantitative estimate of drug-likeness (QED) is 0.246. The monoisotopic (exact) mass is 485 g/mol. The number of methoxy groups -OCH3 is 3. The number of hydrogen-bond acceptors (Lipinski definition) is 5. The number of rotatable bonds is 11. The van der Waals surface area contributed by atoms with Crippen molar-refractivity contribution < 1.29 is 41.0 Å². The van der Waals surface area contributed by atoms with Crippen molar-refractivity contribution in [2.75, 3.05) is 48.6 Å². The van der Waals surface area contributed by atoms with E-state index in [1.807, 2.05) is 36.4 Å². The summed E-state index contributed by atoms with van der Waals surface area (Å²) in [5, 5.41) is 1.80. The third kappa shape index (κ3) is 6.43. The molecule has 7 heteroatoms. The Morgan fingerprint density at radius 2 is 1.53 bits per heavy atom. The lowest BCUT2D eigenvalue weighted by molar-refractivity contribution is -0.858. The Morgan fingerprint density at radius 3 is 2.12 bits per heavy atom. The summed E-state index contributed by atoms with van der Waals surface area (Å²) in [6, 6.07) is 15.1. The molecule has 0 atom stereocenters. The van der Waals surface area contributed by atoms with Gasteiger partial charge in [-0.05, 0) is 41.3 Å². The topological polar surface area (TPSA) is 58.4 Å². The van der Waals surface area contributed by atoms with Gasteiger partial charge >= 0.3 is 0 Å². The smallest absolute Gasteiger partial charge is 0.203 e. The van der Waals surface area contributed by atoms with Crippen LogP contribution in [0.2, 0.25) is 0 Å². The summed E-state index contributed by atoms with van der Waals surface area (Å²) in [4.78, 5) is 14.5. The van der Waals surface area contributed by atoms with Gasteiger partial charge in [-0.3, -0.25) is 4.79 Å². The molecule has 34 heavy (non-hydrogen) atoms. The van der Waals surface area contributed by atoms with E-state index in [9.17, 15) is 4.79 Å². The van der Waals surface area contributed by atoms with Gasteiger partial charge in [0.1, 0.15) is 5.75 Å². The fourth-order valence-electron chi connectivity index (χ4n) is 3.68. The van der Waals surface area contributed by atoms with Gasteiger partial charge in [0.2, 0.25) is 5.75 Å². The minimum atomic E-state index is -0.0947. The summed E-state index contributed by atoms with van der Waals surface area (Å²) in [5.74, 6) is 2.28. The van der Waals surface area contributed by atoms with Crippen molar-refractivity contribution in [1.29, 1.82) is 0 Å². The molecular weight excluding hydrogens is 454 g/mol. The van der Waals surface area contributed by atoms with Crippen LogP contribution in [0.3, 0.4) is 0 Å². The highest BCUT2D eigenvalue weighted by Crippen LogP contribution is 2.38. The molecule has 0 aromatic heterocycles. The van der Waals surface area contributed by atoms with Gasteiger partial charge in [-0.1, -0.05) is 30.3 Å². The Bertz CT molecular complexity index is 1120. The van der Waals surface area contributed by atoms with E-state index in [0.29, 0.717) is 29.4 Å². The Labute approximate surface area is 207 Å². The summed E-state index contributed by atoms with van der Waals surface area (Å²) in [6.45, 7) is 1.68. The minimum absolute atomic E-state index is 0. The lowest BCUT2D eigenvalue weighted by Crippen LogP contribution is -3.05. The first-order valence-electron chi connectivity index (χ1n) is 10.9. The molecule has 0 unspecified atom stereocenters. The fraction of sp³-hybridized carbons (Fsp3) is 0.296. The number of halogens is 1. The first kappa shape index (κ1) is 27.0. The van der Waals surface area contributed by atoms with Crippen LogP contribution in [0.15, 0.2) is 54.6 Å². The van der Waals surface area contributed by atoms with E-state index < -0.39 is 0 Å². The summed E-state index contributed by atoms with van der Waals surface area (Å²) >= 11 is 0. The molecule has 182 valence electrons. The predicted molar refractivity (Wildman–Crippen MR) is 131 cm³/mol. The standard InChI is InChI=1S/C27H31NO5.ClH/c1-28(2)15-8-16-33-24-14-12-21(20-9-6-7-10-22(20)24)23(29)13-11-19-17-25(30-3)27(32-5)26(18-19)31-4;/h6-7,9-14,17-18H,8,15-16H2,1-5H3;1H/b13-11+;. The number of fused-ring (bicyclic) bond motifs is 1. The summed E-state index contributed by atoms with van der Waals surface area (Å²) in [5.41, 5.74) is 1.39. The van der Waals surface area contributed by atoms with Crippen LogP contribution in [0.25, 0.3) is 16.8 Å². The zero-order valence-corrected chi connectivity index (χ0v) is 21.1. The molecular formula is C27H32ClNO5. The van der Waals surface area contributed by atoms with Gasteiger partial charge in [0.05, 0.1) is 48.6 Å². The van der Waals surface area contributed by atoms with E-state index in [1.54, 1.807) is 45.6 Å². The van der Waals surface area contributed by atoms with Crippen LogP contribution in [0, 0.1) is 0 Å². The third-order valence-electron chi connectivity index (χ3n) is 5.34. The minimum Gasteiger partial charge on any atom is -1.00 e. The van der Waals surface area contributed by atoms with Crippen molar-refractivity contribution in [3.63, 3.8) is 0 Å². The molecule has 3 aromatic carbocycles. The fourth-order valence-corrected chi connectivity index (χ4v) is 3.68. The van der Waals surface area contributed by atoms with Crippen LogP contribution < -0.4 is 36.3 Å². The molecule has 0 aliphatic carbocycles. The predicted octanol–water partition coefficient (Wildman–Crippen LogP) is 0.679. The van der Waals surface area contributed by atoms with Crippen molar-refractivity contribution in [3.8, 4) is 23.0 Å². The average Bonchev–Trinajstić information content (AvgIpc) is 2.84. The van der Waals surface area contributed by atoms with E-state index >= 15 is 0 Å². The van der Waals surface area contributed by atoms with Crippen LogP contribution in [-0.2, 0) is 0 Å². The van der Waals surface area contributed by atoms with E-state index in [4.69, 9.17) is 18.9 Å². The number of nitrogens with one attached hydrogen (secondary N) is 1. The lowest BCUT2D eigenvalue weighted by Gasteiger charge is -2.13. The highest BCUT2D eigenvalue weighted by Gasteiger charge is 2.14. The van der Waals surface area contributed by atoms with Crippen molar-refractivity contribution >= 4 is 22.6 Å². The van der Waals surface area contributed by atoms with Crippen LogP contribution in [0.5, 0.6) is 23.0 Å². The van der Waals surface area contributed by atoms with Gasteiger partial charge in [0.15, 0.2) is 17.3 Å². The third-order valence-corrected chi connectivity index (χ3v) is 5.34. The number of carbonyl (C=O) groups is 1. The maximum atomic E-state index is 13.1. The maximum absolute atomic E-state index is 13.1. The molecule has 6 nitrogen and oxygen atoms in total. The van der Waals surface area contributed by atoms with Crippen molar-refractivity contribution in [2.24, 2.45) is 0 Å². The number of carbonyl (C=O) groups excluding carboxylic acids is 1. The lowest BCUT2D eigenvalue weighted by atomic mass is 10.00. The highest BCUT2D eigenvalue weighted by molar-refractivity contribution is 6.15. The molecule has 0 saturated heterocycles. The maximum Gasteiger partial charge on any atom is 0.203 e. The number of quaternary nitrogens is 1. The zero-order chi connectivity index (χ0) is 23.8. The van der Waals surface area contributed by atoms with Gasteiger partial charge in [-0.2, -0.15) is 0 Å². The van der Waals surface area contributed by atoms with Crippen LogP contribution in [0.1, 0.15) is 22.3 Å². The van der Waals surface area contributed by atoms with Crippen molar-refractivity contribution in [1.82, 2.24) is 0 Å². The van der Waals surface area contributed by atoms with Gasteiger partial charge in [-0.15, -0.1) is 0 Å². The van der Waals surface area contributed by atoms with Gasteiger partial charge in [0.25, 0.3) is 0 Å². The molecule has 3 aromatic rings. The molecule has 0 heterocycles. The van der Waals surface area contributed by atoms with Crippen molar-refractivity contribution in [2.45, 2.75) is 6.42 Å². The molecule has 0 aliphatic heterocycles. The second kappa shape index (κ2) is 12.9. The summed E-state index contributed by atoms with van der Waals surface area (Å²) in [7, 11) is 8.94. The Balaban J connectivity index is 0.00000408. The first-order chi connectivity index (χ1) is 16.0. The molecule has 3 rings (SSSR count). The Hall–Kier alpha value is -3.22. The van der Waals surface area contributed by atoms with Gasteiger partial charge in [0, 0.05) is 17.4 Å².